The van der Waals surface area contributed by atoms with Gasteiger partial charge in [0.15, 0.2) is 5.82 Å². The Hall–Kier alpha value is -4.61. The van der Waals surface area contributed by atoms with Gasteiger partial charge in [0.25, 0.3) is 0 Å². The predicted octanol–water partition coefficient (Wildman–Crippen LogP) is 6.00. The highest BCUT2D eigenvalue weighted by molar-refractivity contribution is 6.31. The van der Waals surface area contributed by atoms with Crippen molar-refractivity contribution in [3.05, 3.63) is 101 Å². The Balaban J connectivity index is 1.52. The Labute approximate surface area is 212 Å². The third kappa shape index (κ3) is 5.54. The summed E-state index contributed by atoms with van der Waals surface area (Å²) in [5, 5.41) is 25.8. The molecular weight excluding hydrogens is 480 g/mol. The lowest BCUT2D eigenvalue weighted by Crippen LogP contribution is -2.19. The number of ether oxygens (including phenoxy) is 1. The first kappa shape index (κ1) is 24.5. The number of amides is 1. The van der Waals surface area contributed by atoms with Crippen LogP contribution in [0.2, 0.25) is 5.02 Å². The zero-order chi connectivity index (χ0) is 25.7. The molecule has 0 saturated carbocycles. The summed E-state index contributed by atoms with van der Waals surface area (Å²) in [7, 11) is 0. The van der Waals surface area contributed by atoms with Gasteiger partial charge in [0, 0.05) is 10.6 Å². The van der Waals surface area contributed by atoms with Gasteiger partial charge < -0.3 is 9.84 Å². The van der Waals surface area contributed by atoms with Crippen molar-refractivity contribution in [1.82, 2.24) is 9.78 Å². The molecule has 36 heavy (non-hydrogen) atoms. The van der Waals surface area contributed by atoms with Gasteiger partial charge in [0.1, 0.15) is 17.7 Å². The Morgan fingerprint density at radius 1 is 1.08 bits per heavy atom. The Bertz CT molecular complexity index is 1440. The van der Waals surface area contributed by atoms with Crippen LogP contribution in [0.1, 0.15) is 29.7 Å². The second-order valence-electron chi connectivity index (χ2n) is 7.94. The van der Waals surface area contributed by atoms with Gasteiger partial charge in [-0.15, -0.1) is 0 Å². The van der Waals surface area contributed by atoms with Gasteiger partial charge in [-0.2, -0.15) is 10.4 Å². The molecule has 0 saturated heterocycles. The fourth-order valence-electron chi connectivity index (χ4n) is 3.69. The molecule has 2 N–H and O–H groups in total. The highest BCUT2D eigenvalue weighted by Crippen LogP contribution is 2.27. The number of aliphatic carboxylic acids is 1. The third-order valence-electron chi connectivity index (χ3n) is 5.49. The van der Waals surface area contributed by atoms with E-state index < -0.39 is 18.2 Å². The maximum absolute atomic E-state index is 12.6. The molecular formula is C27H21ClN4O4. The molecule has 1 amide bonds. The average molecular weight is 501 g/mol. The molecule has 0 fully saturated rings. The summed E-state index contributed by atoms with van der Waals surface area (Å²) < 4.78 is 6.91. The summed E-state index contributed by atoms with van der Waals surface area (Å²) in [4.78, 5) is 23.5. The number of halogens is 1. The first-order valence-electron chi connectivity index (χ1n) is 11.0. The average Bonchev–Trinajstić information content (AvgIpc) is 3.26. The van der Waals surface area contributed by atoms with Crippen molar-refractivity contribution in [2.45, 2.75) is 19.4 Å². The van der Waals surface area contributed by atoms with Crippen LogP contribution in [0, 0.1) is 11.3 Å². The number of carboxylic acids is 1. The largest absolute Gasteiger partial charge is 0.481 e. The van der Waals surface area contributed by atoms with E-state index in [9.17, 15) is 14.9 Å². The molecule has 1 unspecified atom stereocenters. The standard InChI is InChI=1S/C27H21ClN4O4/c1-17(23-4-2-3-5-24(23)28)36-27(35)31-26-21(15-29)16-30-32(26)22-12-10-20(11-13-22)19-8-6-18(7-9-19)14-25(33)34/h2-13,16-17H,14H2,1H3,(H,31,35)(H,33,34). The van der Waals surface area contributed by atoms with Crippen molar-refractivity contribution in [3.63, 3.8) is 0 Å². The third-order valence-corrected chi connectivity index (χ3v) is 5.84. The topological polar surface area (TPSA) is 117 Å². The first-order valence-corrected chi connectivity index (χ1v) is 11.3. The normalized spacial score (nSPS) is 11.4. The lowest BCUT2D eigenvalue weighted by molar-refractivity contribution is -0.136. The Morgan fingerprint density at radius 2 is 1.72 bits per heavy atom. The number of aromatic nitrogens is 2. The number of rotatable bonds is 7. The van der Waals surface area contributed by atoms with E-state index in [1.54, 1.807) is 55.5 Å². The van der Waals surface area contributed by atoms with Crippen LogP contribution in [0.3, 0.4) is 0 Å². The van der Waals surface area contributed by atoms with Crippen LogP contribution in [0.25, 0.3) is 16.8 Å². The molecule has 8 nitrogen and oxygen atoms in total. The molecule has 4 aromatic rings. The molecule has 3 aromatic carbocycles. The maximum atomic E-state index is 12.6. The van der Waals surface area contributed by atoms with Crippen molar-refractivity contribution in [1.29, 1.82) is 5.26 Å². The fourth-order valence-corrected chi connectivity index (χ4v) is 3.98. The number of anilines is 1. The van der Waals surface area contributed by atoms with Crippen molar-refractivity contribution in [2.75, 3.05) is 5.32 Å². The van der Waals surface area contributed by atoms with Crippen LogP contribution in [0.4, 0.5) is 10.6 Å². The molecule has 1 atom stereocenters. The summed E-state index contributed by atoms with van der Waals surface area (Å²) in [6, 6.07) is 23.7. The number of hydrogen-bond acceptors (Lipinski definition) is 5. The van der Waals surface area contributed by atoms with Crippen LogP contribution in [-0.4, -0.2) is 26.9 Å². The monoisotopic (exact) mass is 500 g/mol. The number of carboxylic acid groups (broad SMARTS) is 1. The second kappa shape index (κ2) is 10.8. The van der Waals surface area contributed by atoms with E-state index in [0.29, 0.717) is 16.3 Å². The summed E-state index contributed by atoms with van der Waals surface area (Å²) in [6.45, 7) is 1.70. The molecule has 0 spiro atoms. The van der Waals surface area contributed by atoms with E-state index in [1.807, 2.05) is 30.3 Å². The molecule has 0 aliphatic heterocycles. The van der Waals surface area contributed by atoms with E-state index >= 15 is 0 Å². The fraction of sp³-hybridized carbons (Fsp3) is 0.111. The quantitative estimate of drug-likeness (QED) is 0.321. The molecule has 1 heterocycles. The molecule has 0 aliphatic carbocycles. The molecule has 1 aromatic heterocycles. The van der Waals surface area contributed by atoms with Gasteiger partial charge in [0.2, 0.25) is 0 Å². The number of nitrogens with zero attached hydrogens (tertiary/aromatic N) is 3. The highest BCUT2D eigenvalue weighted by atomic mass is 35.5. The van der Waals surface area contributed by atoms with Gasteiger partial charge in [-0.1, -0.05) is 66.2 Å². The minimum absolute atomic E-state index is 0.0326. The molecule has 0 radical (unpaired) electrons. The number of benzene rings is 3. The number of nitrogens with one attached hydrogen (secondary N) is 1. The van der Waals surface area contributed by atoms with Gasteiger partial charge in [0.05, 0.1) is 18.3 Å². The zero-order valence-electron chi connectivity index (χ0n) is 19.2. The van der Waals surface area contributed by atoms with Gasteiger partial charge in [-0.3, -0.25) is 10.1 Å². The minimum Gasteiger partial charge on any atom is -0.481 e. The molecule has 0 bridgehead atoms. The second-order valence-corrected chi connectivity index (χ2v) is 8.35. The van der Waals surface area contributed by atoms with Crippen LogP contribution >= 0.6 is 11.6 Å². The van der Waals surface area contributed by atoms with E-state index in [1.165, 1.54) is 10.9 Å². The lowest BCUT2D eigenvalue weighted by atomic mass is 10.0. The Kier molecular flexibility index (Phi) is 7.33. The lowest BCUT2D eigenvalue weighted by Gasteiger charge is -2.16. The molecule has 4 rings (SSSR count). The maximum Gasteiger partial charge on any atom is 0.413 e. The van der Waals surface area contributed by atoms with Crippen molar-refractivity contribution in [3.8, 4) is 22.9 Å². The van der Waals surface area contributed by atoms with Gasteiger partial charge >= 0.3 is 12.1 Å². The van der Waals surface area contributed by atoms with E-state index in [-0.39, 0.29) is 17.8 Å². The summed E-state index contributed by atoms with van der Waals surface area (Å²) >= 11 is 6.19. The number of hydrogen-bond donors (Lipinski definition) is 2. The van der Waals surface area contributed by atoms with E-state index in [4.69, 9.17) is 21.4 Å². The molecule has 180 valence electrons. The zero-order valence-corrected chi connectivity index (χ0v) is 19.9. The number of nitriles is 1. The van der Waals surface area contributed by atoms with Crippen LogP contribution in [0.5, 0.6) is 0 Å². The number of carbonyl (C=O) groups excluding carboxylic acids is 1. The summed E-state index contributed by atoms with van der Waals surface area (Å²) in [5.41, 5.74) is 4.01. The molecule has 0 aliphatic rings. The van der Waals surface area contributed by atoms with Crippen LogP contribution in [0.15, 0.2) is 79.0 Å². The smallest absolute Gasteiger partial charge is 0.413 e. The Morgan fingerprint density at radius 3 is 2.33 bits per heavy atom. The minimum atomic E-state index is -0.880. The highest BCUT2D eigenvalue weighted by Gasteiger charge is 2.19. The van der Waals surface area contributed by atoms with Crippen molar-refractivity contribution >= 4 is 29.5 Å². The van der Waals surface area contributed by atoms with E-state index in [2.05, 4.69) is 10.4 Å². The van der Waals surface area contributed by atoms with Crippen LogP contribution < -0.4 is 5.32 Å². The van der Waals surface area contributed by atoms with E-state index in [0.717, 1.165) is 16.7 Å². The SMILES string of the molecule is CC(OC(=O)Nc1c(C#N)cnn1-c1ccc(-c2ccc(CC(=O)O)cc2)cc1)c1ccccc1Cl. The summed E-state index contributed by atoms with van der Waals surface area (Å²) in [5.74, 6) is -0.700. The molecule has 9 heteroatoms. The predicted molar refractivity (Wildman–Crippen MR) is 135 cm³/mol. The van der Waals surface area contributed by atoms with Gasteiger partial charge in [-0.05, 0) is 41.8 Å². The first-order chi connectivity index (χ1) is 17.4. The van der Waals surface area contributed by atoms with Crippen molar-refractivity contribution < 1.29 is 19.4 Å². The van der Waals surface area contributed by atoms with Crippen LogP contribution in [-0.2, 0) is 16.0 Å². The van der Waals surface area contributed by atoms with Gasteiger partial charge in [-0.25, -0.2) is 9.48 Å². The summed E-state index contributed by atoms with van der Waals surface area (Å²) in [6.07, 6.45) is -0.0300. The van der Waals surface area contributed by atoms with Crippen molar-refractivity contribution in [2.24, 2.45) is 0 Å². The number of carbonyl (C=O) groups is 2.